The summed E-state index contributed by atoms with van der Waals surface area (Å²) >= 11 is 0. The molecule has 0 radical (unpaired) electrons. The number of ether oxygens (including phenoxy) is 1. The van der Waals surface area contributed by atoms with E-state index in [-0.39, 0.29) is 11.7 Å². The fraction of sp³-hybridized carbons (Fsp3) is 0.227. The van der Waals surface area contributed by atoms with Crippen molar-refractivity contribution in [2.75, 3.05) is 18.6 Å². The monoisotopic (exact) mass is 351 g/mol. The van der Waals surface area contributed by atoms with Crippen LogP contribution < -0.4 is 9.64 Å². The van der Waals surface area contributed by atoms with E-state index >= 15 is 0 Å². The van der Waals surface area contributed by atoms with E-state index in [1.165, 1.54) is 13.2 Å². The summed E-state index contributed by atoms with van der Waals surface area (Å²) < 4.78 is 18.7. The topological polar surface area (TPSA) is 29.5 Å². The van der Waals surface area contributed by atoms with E-state index in [1.54, 1.807) is 17.0 Å². The Kier molecular flexibility index (Phi) is 5.52. The highest BCUT2D eigenvalue weighted by Gasteiger charge is 2.16. The number of hydrogen-bond donors (Lipinski definition) is 0. The van der Waals surface area contributed by atoms with Crippen LogP contribution >= 0.6 is 0 Å². The number of halogens is 1. The molecule has 0 aliphatic heterocycles. The number of nitrogens with zero attached hydrogens (tertiary/aromatic N) is 1. The van der Waals surface area contributed by atoms with Crippen LogP contribution in [0.2, 0.25) is 0 Å². The minimum Gasteiger partial charge on any atom is -0.494 e. The van der Waals surface area contributed by atoms with Crippen LogP contribution in [0.4, 0.5) is 10.1 Å². The van der Waals surface area contributed by atoms with Crippen LogP contribution in [-0.2, 0) is 11.2 Å². The molecule has 0 saturated heterocycles. The molecule has 0 atom stereocenters. The minimum atomic E-state index is -0.404. The first kappa shape index (κ1) is 17.9. The lowest BCUT2D eigenvalue weighted by Gasteiger charge is -2.23. The van der Waals surface area contributed by atoms with Gasteiger partial charge in [-0.2, -0.15) is 0 Å². The number of aryl methyl sites for hydroxylation is 1. The Bertz CT molecular complexity index is 918. The molecule has 26 heavy (non-hydrogen) atoms. The second kappa shape index (κ2) is 8.00. The number of anilines is 1. The van der Waals surface area contributed by atoms with Crippen LogP contribution in [-0.4, -0.2) is 19.6 Å². The van der Waals surface area contributed by atoms with E-state index in [4.69, 9.17) is 4.74 Å². The van der Waals surface area contributed by atoms with Crippen molar-refractivity contribution >= 4 is 22.4 Å². The molecular weight excluding hydrogens is 329 g/mol. The third kappa shape index (κ3) is 3.69. The average Bonchev–Trinajstić information content (AvgIpc) is 2.67. The highest BCUT2D eigenvalue weighted by Crippen LogP contribution is 2.27. The molecule has 0 spiro atoms. The quantitative estimate of drug-likeness (QED) is 0.627. The van der Waals surface area contributed by atoms with Crippen molar-refractivity contribution in [3.05, 3.63) is 72.0 Å². The average molecular weight is 351 g/mol. The summed E-state index contributed by atoms with van der Waals surface area (Å²) in [6.45, 7) is 2.55. The maximum Gasteiger partial charge on any atom is 0.227 e. The molecule has 0 aromatic heterocycles. The third-order valence-corrected chi connectivity index (χ3v) is 4.52. The molecule has 0 fully saturated rings. The number of carbonyl (C=O) groups excluding carboxylic acids is 1. The van der Waals surface area contributed by atoms with Crippen LogP contribution in [0.15, 0.2) is 60.7 Å². The van der Waals surface area contributed by atoms with Crippen molar-refractivity contribution in [2.24, 2.45) is 0 Å². The van der Waals surface area contributed by atoms with Gasteiger partial charge < -0.3 is 9.64 Å². The number of rotatable bonds is 6. The number of benzene rings is 3. The van der Waals surface area contributed by atoms with Crippen molar-refractivity contribution in [1.29, 1.82) is 0 Å². The van der Waals surface area contributed by atoms with Crippen molar-refractivity contribution in [3.63, 3.8) is 0 Å². The molecule has 0 aliphatic carbocycles. The van der Waals surface area contributed by atoms with E-state index in [0.717, 1.165) is 22.0 Å². The van der Waals surface area contributed by atoms with Gasteiger partial charge in [-0.25, -0.2) is 4.39 Å². The Balaban J connectivity index is 1.78. The van der Waals surface area contributed by atoms with Gasteiger partial charge >= 0.3 is 0 Å². The number of fused-ring (bicyclic) bond motifs is 1. The summed E-state index contributed by atoms with van der Waals surface area (Å²) in [6, 6.07) is 18.8. The highest BCUT2D eigenvalue weighted by molar-refractivity contribution is 6.03. The first-order valence-electron chi connectivity index (χ1n) is 8.74. The molecule has 0 N–H and O–H groups in total. The molecule has 3 aromatic carbocycles. The first-order chi connectivity index (χ1) is 12.6. The number of methoxy groups -OCH3 is 1. The molecule has 3 aromatic rings. The van der Waals surface area contributed by atoms with Gasteiger partial charge in [0.15, 0.2) is 11.6 Å². The van der Waals surface area contributed by atoms with Crippen molar-refractivity contribution in [3.8, 4) is 5.75 Å². The first-order valence-corrected chi connectivity index (χ1v) is 8.74. The van der Waals surface area contributed by atoms with E-state index in [9.17, 15) is 9.18 Å². The van der Waals surface area contributed by atoms with E-state index in [2.05, 4.69) is 0 Å². The van der Waals surface area contributed by atoms with E-state index in [0.29, 0.717) is 19.4 Å². The third-order valence-electron chi connectivity index (χ3n) is 4.52. The molecule has 4 heteroatoms. The fourth-order valence-electron chi connectivity index (χ4n) is 3.18. The van der Waals surface area contributed by atoms with Gasteiger partial charge in [-0.05, 0) is 42.5 Å². The van der Waals surface area contributed by atoms with Crippen molar-refractivity contribution in [1.82, 2.24) is 0 Å². The zero-order valence-corrected chi connectivity index (χ0v) is 15.0. The van der Waals surface area contributed by atoms with Crippen LogP contribution in [0.1, 0.15) is 18.9 Å². The standard InChI is InChI=1S/C22H22FNO2/c1-3-24(20-10-6-8-17-7-4-5-9-18(17)20)22(25)14-12-16-11-13-21(26-2)19(23)15-16/h4-11,13,15H,3,12,14H2,1-2H3. The summed E-state index contributed by atoms with van der Waals surface area (Å²) in [7, 11) is 1.44. The van der Waals surface area contributed by atoms with Crippen LogP contribution in [0, 0.1) is 5.82 Å². The van der Waals surface area contributed by atoms with Crippen LogP contribution in [0.5, 0.6) is 5.75 Å². The lowest BCUT2D eigenvalue weighted by Crippen LogP contribution is -2.31. The normalized spacial score (nSPS) is 10.7. The van der Waals surface area contributed by atoms with Gasteiger partial charge in [-0.3, -0.25) is 4.79 Å². The van der Waals surface area contributed by atoms with Gasteiger partial charge in [0.2, 0.25) is 5.91 Å². The number of amides is 1. The molecule has 3 rings (SSSR count). The van der Waals surface area contributed by atoms with E-state index < -0.39 is 5.82 Å². The number of carbonyl (C=O) groups is 1. The van der Waals surface area contributed by atoms with E-state index in [1.807, 2.05) is 49.4 Å². The minimum absolute atomic E-state index is 0.0279. The molecule has 134 valence electrons. The Morgan fingerprint density at radius 2 is 1.85 bits per heavy atom. The molecule has 0 bridgehead atoms. The molecule has 3 nitrogen and oxygen atoms in total. The molecule has 0 saturated carbocycles. The Labute approximate surface area is 153 Å². The predicted molar refractivity (Wildman–Crippen MR) is 103 cm³/mol. The largest absolute Gasteiger partial charge is 0.494 e. The highest BCUT2D eigenvalue weighted by atomic mass is 19.1. The molecule has 0 aliphatic rings. The fourth-order valence-corrected chi connectivity index (χ4v) is 3.18. The zero-order valence-electron chi connectivity index (χ0n) is 15.0. The van der Waals surface area contributed by atoms with Gasteiger partial charge in [0.25, 0.3) is 0 Å². The summed E-state index contributed by atoms with van der Waals surface area (Å²) in [5, 5.41) is 2.16. The Hall–Kier alpha value is -2.88. The van der Waals surface area contributed by atoms with Crippen LogP contribution in [0.25, 0.3) is 10.8 Å². The van der Waals surface area contributed by atoms with Gasteiger partial charge in [0.1, 0.15) is 0 Å². The van der Waals surface area contributed by atoms with Gasteiger partial charge in [-0.15, -0.1) is 0 Å². The second-order valence-electron chi connectivity index (χ2n) is 6.11. The molecule has 0 unspecified atom stereocenters. The predicted octanol–water partition coefficient (Wildman–Crippen LogP) is 4.97. The molecule has 1 amide bonds. The summed E-state index contributed by atoms with van der Waals surface area (Å²) in [5.41, 5.74) is 1.70. The van der Waals surface area contributed by atoms with Crippen molar-refractivity contribution in [2.45, 2.75) is 19.8 Å². The lowest BCUT2D eigenvalue weighted by molar-refractivity contribution is -0.118. The maximum absolute atomic E-state index is 13.8. The van der Waals surface area contributed by atoms with Gasteiger partial charge in [-0.1, -0.05) is 42.5 Å². The Morgan fingerprint density at radius 1 is 1.08 bits per heavy atom. The molecule has 0 heterocycles. The van der Waals surface area contributed by atoms with Gasteiger partial charge in [0, 0.05) is 18.4 Å². The van der Waals surface area contributed by atoms with Crippen LogP contribution in [0.3, 0.4) is 0 Å². The number of hydrogen-bond acceptors (Lipinski definition) is 2. The molecular formula is C22H22FNO2. The van der Waals surface area contributed by atoms with Crippen molar-refractivity contribution < 1.29 is 13.9 Å². The smallest absolute Gasteiger partial charge is 0.227 e. The summed E-state index contributed by atoms with van der Waals surface area (Å²) in [5.74, 6) is -0.162. The summed E-state index contributed by atoms with van der Waals surface area (Å²) in [4.78, 5) is 14.6. The maximum atomic E-state index is 13.8. The lowest BCUT2D eigenvalue weighted by atomic mass is 10.1. The summed E-state index contributed by atoms with van der Waals surface area (Å²) in [6.07, 6.45) is 0.809. The zero-order chi connectivity index (χ0) is 18.5. The second-order valence-corrected chi connectivity index (χ2v) is 6.11. The van der Waals surface area contributed by atoms with Gasteiger partial charge in [0.05, 0.1) is 12.8 Å². The Morgan fingerprint density at radius 3 is 2.58 bits per heavy atom. The SMILES string of the molecule is CCN(C(=O)CCc1ccc(OC)c(F)c1)c1cccc2ccccc12.